The number of nitrogens with zero attached hydrogens (tertiary/aromatic N) is 3. The summed E-state index contributed by atoms with van der Waals surface area (Å²) >= 11 is 0. The highest BCUT2D eigenvalue weighted by molar-refractivity contribution is 5.96. The van der Waals surface area contributed by atoms with Crippen LogP contribution in [0, 0.1) is 10.8 Å². The van der Waals surface area contributed by atoms with Crippen LogP contribution < -0.4 is 16.1 Å². The fraction of sp³-hybridized carbons (Fsp3) is 0.333. The lowest BCUT2D eigenvalue weighted by molar-refractivity contribution is 0.479. The third-order valence-electron chi connectivity index (χ3n) is 3.63. The molecule has 0 saturated carbocycles. The van der Waals surface area contributed by atoms with Gasteiger partial charge in [0.15, 0.2) is 5.84 Å². The van der Waals surface area contributed by atoms with Gasteiger partial charge in [0.2, 0.25) is 0 Å². The molecule has 0 amide bonds. The number of anilines is 1. The van der Waals surface area contributed by atoms with Gasteiger partial charge in [0, 0.05) is 18.8 Å². The summed E-state index contributed by atoms with van der Waals surface area (Å²) < 4.78 is 1.47. The molecule has 2 aromatic heterocycles. The molecule has 1 saturated heterocycles. The van der Waals surface area contributed by atoms with Gasteiger partial charge >= 0.3 is 0 Å². The van der Waals surface area contributed by atoms with Crippen LogP contribution in [0.25, 0.3) is 0 Å². The van der Waals surface area contributed by atoms with E-state index < -0.39 is 0 Å². The molecule has 1 unspecified atom stereocenters. The Kier molecular flexibility index (Phi) is 4.24. The number of nitrogens with one attached hydrogen (secondary N) is 4. The van der Waals surface area contributed by atoms with Crippen LogP contribution in [0.4, 0.5) is 5.82 Å². The van der Waals surface area contributed by atoms with Gasteiger partial charge < -0.3 is 10.6 Å². The summed E-state index contributed by atoms with van der Waals surface area (Å²) in [5.41, 5.74) is 0.683. The van der Waals surface area contributed by atoms with Crippen LogP contribution in [0.1, 0.15) is 18.5 Å². The molecule has 22 heavy (non-hydrogen) atoms. The Balaban J connectivity index is 1.80. The van der Waals surface area contributed by atoms with Crippen LogP contribution in [0.3, 0.4) is 0 Å². The summed E-state index contributed by atoms with van der Waals surface area (Å²) in [6.07, 6.45) is 7.13. The molecule has 3 rings (SSSR count). The molecule has 3 heterocycles. The first-order chi connectivity index (χ1) is 10.7. The normalized spacial score (nSPS) is 17.9. The topological polar surface area (TPSA) is 102 Å². The van der Waals surface area contributed by atoms with Crippen molar-refractivity contribution in [1.29, 1.82) is 10.8 Å². The number of pyridine rings is 1. The van der Waals surface area contributed by atoms with Crippen LogP contribution in [-0.2, 0) is 0 Å². The smallest absolute Gasteiger partial charge is 0.158 e. The lowest BCUT2D eigenvalue weighted by Crippen LogP contribution is -2.38. The fourth-order valence-corrected chi connectivity index (χ4v) is 2.50. The molecular weight excluding hydrogens is 278 g/mol. The molecule has 7 nitrogen and oxygen atoms in total. The number of hydrogen-bond acceptors (Lipinski definition) is 6. The molecule has 114 valence electrons. The van der Waals surface area contributed by atoms with Gasteiger partial charge in [-0.1, -0.05) is 6.07 Å². The molecule has 7 heteroatoms. The molecule has 0 radical (unpaired) electrons. The molecule has 0 aromatic carbocycles. The Labute approximate surface area is 128 Å². The highest BCUT2D eigenvalue weighted by atomic mass is 15.1. The first-order valence-corrected chi connectivity index (χ1v) is 7.35. The van der Waals surface area contributed by atoms with Gasteiger partial charge in [0.1, 0.15) is 17.0 Å². The van der Waals surface area contributed by atoms with Crippen molar-refractivity contribution in [2.45, 2.75) is 18.9 Å². The van der Waals surface area contributed by atoms with Crippen LogP contribution >= 0.6 is 0 Å². The third-order valence-corrected chi connectivity index (χ3v) is 3.63. The van der Waals surface area contributed by atoms with Crippen molar-refractivity contribution in [1.82, 2.24) is 19.9 Å². The lowest BCUT2D eigenvalue weighted by atomic mass is 10.1. The molecule has 1 fully saturated rings. The molecule has 1 atom stereocenters. The Hall–Kier alpha value is -2.54. The molecular formula is C15H19N7. The number of piperidine rings is 1. The maximum Gasteiger partial charge on any atom is 0.158 e. The van der Waals surface area contributed by atoms with Crippen molar-refractivity contribution in [2.75, 3.05) is 18.4 Å². The maximum atomic E-state index is 8.23. The zero-order valence-electron chi connectivity index (χ0n) is 12.2. The van der Waals surface area contributed by atoms with Gasteiger partial charge in [-0.15, -0.1) is 0 Å². The molecule has 1 aliphatic rings. The van der Waals surface area contributed by atoms with E-state index in [0.29, 0.717) is 17.6 Å². The number of aromatic nitrogens is 3. The largest absolute Gasteiger partial charge is 0.365 e. The van der Waals surface area contributed by atoms with Crippen LogP contribution in [0.5, 0.6) is 0 Å². The van der Waals surface area contributed by atoms with Crippen molar-refractivity contribution < 1.29 is 0 Å². The van der Waals surface area contributed by atoms with E-state index in [-0.39, 0.29) is 11.3 Å². The molecule has 2 aromatic rings. The van der Waals surface area contributed by atoms with Gasteiger partial charge in [-0.25, -0.2) is 4.98 Å². The van der Waals surface area contributed by atoms with Crippen molar-refractivity contribution in [2.24, 2.45) is 0 Å². The van der Waals surface area contributed by atoms with E-state index in [9.17, 15) is 0 Å². The molecule has 1 aliphatic heterocycles. The van der Waals surface area contributed by atoms with Crippen LogP contribution in [0.2, 0.25) is 0 Å². The Morgan fingerprint density at radius 3 is 3.05 bits per heavy atom. The van der Waals surface area contributed by atoms with Crippen LogP contribution in [-0.4, -0.2) is 39.5 Å². The predicted molar refractivity (Wildman–Crippen MR) is 84.1 cm³/mol. The number of rotatable bonds is 3. The third kappa shape index (κ3) is 3.20. The Morgan fingerprint density at radius 2 is 2.27 bits per heavy atom. The van der Waals surface area contributed by atoms with E-state index in [2.05, 4.69) is 20.6 Å². The average Bonchev–Trinajstić information content (AvgIpc) is 2.56. The van der Waals surface area contributed by atoms with Gasteiger partial charge in [0.25, 0.3) is 0 Å². The first-order valence-electron chi connectivity index (χ1n) is 7.35. The summed E-state index contributed by atoms with van der Waals surface area (Å²) in [6, 6.07) is 5.53. The SMILES string of the molecule is N=C(c1cncc(NC2CCCNC2)n1)n1ccccc1=N. The van der Waals surface area contributed by atoms with E-state index in [4.69, 9.17) is 10.8 Å². The van der Waals surface area contributed by atoms with E-state index in [1.54, 1.807) is 36.8 Å². The lowest BCUT2D eigenvalue weighted by Gasteiger charge is -2.24. The van der Waals surface area contributed by atoms with Crippen molar-refractivity contribution in [3.63, 3.8) is 0 Å². The van der Waals surface area contributed by atoms with Gasteiger partial charge in [-0.2, -0.15) is 0 Å². The van der Waals surface area contributed by atoms with E-state index in [0.717, 1.165) is 25.9 Å². The minimum Gasteiger partial charge on any atom is -0.365 e. The van der Waals surface area contributed by atoms with E-state index in [1.807, 2.05) is 0 Å². The second-order valence-corrected chi connectivity index (χ2v) is 5.28. The van der Waals surface area contributed by atoms with E-state index in [1.165, 1.54) is 4.57 Å². The molecule has 0 aliphatic carbocycles. The summed E-state index contributed by atoms with van der Waals surface area (Å²) in [4.78, 5) is 8.62. The quantitative estimate of drug-likeness (QED) is 0.497. The molecule has 4 N–H and O–H groups in total. The number of hydrogen-bond donors (Lipinski definition) is 4. The Bertz CT molecular complexity index is 716. The van der Waals surface area contributed by atoms with Crippen molar-refractivity contribution in [3.8, 4) is 0 Å². The fourth-order valence-electron chi connectivity index (χ4n) is 2.50. The summed E-state index contributed by atoms with van der Waals surface area (Å²) in [6.45, 7) is 1.97. The molecule has 0 spiro atoms. The van der Waals surface area contributed by atoms with Gasteiger partial charge in [0.05, 0.1) is 12.4 Å². The zero-order valence-corrected chi connectivity index (χ0v) is 12.2. The Morgan fingerprint density at radius 1 is 1.36 bits per heavy atom. The van der Waals surface area contributed by atoms with Crippen molar-refractivity contribution in [3.05, 3.63) is 48.0 Å². The average molecular weight is 297 g/mol. The van der Waals surface area contributed by atoms with Crippen LogP contribution in [0.15, 0.2) is 36.8 Å². The van der Waals surface area contributed by atoms with Gasteiger partial charge in [-0.05, 0) is 31.5 Å². The second-order valence-electron chi connectivity index (χ2n) is 5.28. The standard InChI is InChI=1S/C15H19N7/c16-13-5-1-2-7-22(13)15(17)12-9-19-10-14(21-12)20-11-4-3-6-18-8-11/h1-2,5,7,9-11,16-18H,3-4,6,8H2,(H,20,21). The highest BCUT2D eigenvalue weighted by Gasteiger charge is 2.14. The monoisotopic (exact) mass is 297 g/mol. The van der Waals surface area contributed by atoms with E-state index >= 15 is 0 Å². The minimum atomic E-state index is 0.142. The summed E-state index contributed by atoms with van der Waals surface area (Å²) in [5, 5.41) is 22.8. The summed E-state index contributed by atoms with van der Waals surface area (Å²) in [7, 11) is 0. The zero-order chi connectivity index (χ0) is 15.4. The second kappa shape index (κ2) is 6.48. The molecule has 0 bridgehead atoms. The minimum absolute atomic E-state index is 0.142. The van der Waals surface area contributed by atoms with Gasteiger partial charge in [-0.3, -0.25) is 20.4 Å². The van der Waals surface area contributed by atoms with Crippen molar-refractivity contribution >= 4 is 11.7 Å². The predicted octanol–water partition coefficient (Wildman–Crippen LogP) is 0.795. The maximum absolute atomic E-state index is 8.23. The summed E-state index contributed by atoms with van der Waals surface area (Å²) in [5.74, 6) is 0.808. The highest BCUT2D eigenvalue weighted by Crippen LogP contribution is 2.10. The first kappa shape index (κ1) is 14.4.